The van der Waals surface area contributed by atoms with Crippen LogP contribution in [0.1, 0.15) is 69.8 Å². The highest BCUT2D eigenvalue weighted by molar-refractivity contribution is 5.88. The Bertz CT molecular complexity index is 767. The van der Waals surface area contributed by atoms with Gasteiger partial charge in [0, 0.05) is 24.2 Å². The number of amides is 2. The lowest BCUT2D eigenvalue weighted by Crippen LogP contribution is -2.54. The molecule has 1 heterocycles. The molecule has 162 valence electrons. The topological polar surface area (TPSA) is 80.3 Å². The van der Waals surface area contributed by atoms with Crippen LogP contribution in [0.3, 0.4) is 0 Å². The van der Waals surface area contributed by atoms with Crippen LogP contribution in [0.15, 0.2) is 18.3 Å². The molecule has 6 heteroatoms. The Kier molecular flexibility index (Phi) is 5.42. The van der Waals surface area contributed by atoms with Gasteiger partial charge in [-0.25, -0.2) is 4.98 Å². The van der Waals surface area contributed by atoms with Crippen molar-refractivity contribution in [2.24, 2.45) is 23.2 Å². The van der Waals surface area contributed by atoms with Crippen LogP contribution in [-0.2, 0) is 16.1 Å². The summed E-state index contributed by atoms with van der Waals surface area (Å²) in [6, 6.07) is 3.78. The van der Waals surface area contributed by atoms with E-state index in [2.05, 4.69) is 15.6 Å². The van der Waals surface area contributed by atoms with Crippen LogP contribution in [0.5, 0.6) is 5.88 Å². The van der Waals surface area contributed by atoms with E-state index in [1.165, 1.54) is 32.1 Å². The second-order valence-electron chi connectivity index (χ2n) is 10.2. The van der Waals surface area contributed by atoms with Crippen LogP contribution in [0, 0.1) is 23.2 Å². The molecule has 0 aromatic carbocycles. The number of carbonyl (C=O) groups is 2. The molecule has 0 saturated heterocycles. The molecule has 1 aromatic rings. The first-order valence-corrected chi connectivity index (χ1v) is 11.7. The first-order valence-electron chi connectivity index (χ1n) is 11.7. The smallest absolute Gasteiger partial charge is 0.239 e. The van der Waals surface area contributed by atoms with Crippen molar-refractivity contribution in [3.63, 3.8) is 0 Å². The van der Waals surface area contributed by atoms with Crippen LogP contribution in [-0.4, -0.2) is 29.4 Å². The first-order chi connectivity index (χ1) is 14.6. The summed E-state index contributed by atoms with van der Waals surface area (Å²) >= 11 is 0. The van der Waals surface area contributed by atoms with Gasteiger partial charge < -0.3 is 15.4 Å². The van der Waals surface area contributed by atoms with Crippen molar-refractivity contribution in [3.8, 4) is 5.88 Å². The van der Waals surface area contributed by atoms with Gasteiger partial charge in [-0.3, -0.25) is 9.59 Å². The van der Waals surface area contributed by atoms with E-state index in [0.717, 1.165) is 55.4 Å². The molecule has 6 nitrogen and oxygen atoms in total. The highest BCUT2D eigenvalue weighted by Crippen LogP contribution is 2.60. The molecular weight excluding hydrogens is 378 g/mol. The molecule has 0 atom stereocenters. The second kappa shape index (κ2) is 8.20. The van der Waals surface area contributed by atoms with Gasteiger partial charge in [0.1, 0.15) is 6.10 Å². The molecule has 1 aromatic heterocycles. The lowest BCUT2D eigenvalue weighted by molar-refractivity contribution is -0.147. The Morgan fingerprint density at radius 3 is 2.37 bits per heavy atom. The summed E-state index contributed by atoms with van der Waals surface area (Å²) in [5.74, 6) is 2.76. The Labute approximate surface area is 178 Å². The fourth-order valence-corrected chi connectivity index (χ4v) is 6.80. The molecule has 4 bridgehead atoms. The van der Waals surface area contributed by atoms with Crippen LogP contribution < -0.4 is 15.4 Å². The normalized spacial score (nSPS) is 32.2. The number of aromatic nitrogens is 1. The second-order valence-corrected chi connectivity index (χ2v) is 10.2. The Hall–Kier alpha value is -2.11. The van der Waals surface area contributed by atoms with E-state index in [4.69, 9.17) is 4.74 Å². The molecular formula is C24H33N3O3. The van der Waals surface area contributed by atoms with Crippen LogP contribution >= 0.6 is 0 Å². The van der Waals surface area contributed by atoms with Crippen molar-refractivity contribution >= 4 is 11.8 Å². The van der Waals surface area contributed by atoms with Gasteiger partial charge >= 0.3 is 0 Å². The third-order valence-electron chi connectivity index (χ3n) is 7.81. The fraction of sp³-hybridized carbons (Fsp3) is 0.708. The van der Waals surface area contributed by atoms with Crippen LogP contribution in [0.4, 0.5) is 0 Å². The van der Waals surface area contributed by atoms with E-state index < -0.39 is 0 Å². The van der Waals surface area contributed by atoms with E-state index in [9.17, 15) is 9.59 Å². The van der Waals surface area contributed by atoms with E-state index in [0.29, 0.717) is 12.4 Å². The molecule has 0 aliphatic heterocycles. The summed E-state index contributed by atoms with van der Waals surface area (Å²) in [6.07, 6.45) is 13.6. The van der Waals surface area contributed by atoms with Crippen LogP contribution in [0.2, 0.25) is 0 Å². The summed E-state index contributed by atoms with van der Waals surface area (Å²) in [5, 5.41) is 5.86. The summed E-state index contributed by atoms with van der Waals surface area (Å²) < 4.78 is 5.94. The lowest BCUT2D eigenvalue weighted by atomic mass is 9.49. The molecule has 2 N–H and O–H groups in total. The van der Waals surface area contributed by atoms with E-state index in [-0.39, 0.29) is 29.9 Å². The zero-order valence-corrected chi connectivity index (χ0v) is 17.7. The maximum atomic E-state index is 13.0. The Morgan fingerprint density at radius 1 is 1.03 bits per heavy atom. The predicted molar refractivity (Wildman–Crippen MR) is 113 cm³/mol. The molecule has 30 heavy (non-hydrogen) atoms. The third kappa shape index (κ3) is 4.19. The van der Waals surface area contributed by atoms with Crippen molar-refractivity contribution in [2.75, 3.05) is 6.54 Å². The molecule has 0 radical (unpaired) electrons. The molecule has 0 unspecified atom stereocenters. The monoisotopic (exact) mass is 411 g/mol. The van der Waals surface area contributed by atoms with Crippen molar-refractivity contribution < 1.29 is 14.3 Å². The Morgan fingerprint density at radius 2 is 1.70 bits per heavy atom. The van der Waals surface area contributed by atoms with Crippen molar-refractivity contribution in [2.45, 2.75) is 76.9 Å². The number of nitrogens with one attached hydrogen (secondary N) is 2. The number of ether oxygens (including phenoxy) is 1. The standard InChI is InChI=1S/C24H33N3O3/c28-21(26-14-16-5-6-25-22(10-16)30-20-3-1-2-4-20)15-27-23(29)24-11-17-7-18(12-24)9-19(8-17)13-24/h5-6,10,17-20H,1-4,7-9,11-15H2,(H,26,28)(H,27,29). The quantitative estimate of drug-likeness (QED) is 0.721. The minimum absolute atomic E-state index is 0.0527. The number of rotatable bonds is 7. The first kappa shape index (κ1) is 19.8. The van der Waals surface area contributed by atoms with Crippen molar-refractivity contribution in [3.05, 3.63) is 23.9 Å². The van der Waals surface area contributed by atoms with Gasteiger partial charge in [0.15, 0.2) is 0 Å². The third-order valence-corrected chi connectivity index (χ3v) is 7.81. The minimum atomic E-state index is -0.202. The average Bonchev–Trinajstić information content (AvgIpc) is 3.23. The van der Waals surface area contributed by atoms with E-state index >= 15 is 0 Å². The number of nitrogens with zero attached hydrogens (tertiary/aromatic N) is 1. The summed E-state index contributed by atoms with van der Waals surface area (Å²) in [6.45, 7) is 0.465. The molecule has 5 fully saturated rings. The summed E-state index contributed by atoms with van der Waals surface area (Å²) in [5.41, 5.74) is 0.755. The molecule has 2 amide bonds. The molecule has 5 aliphatic carbocycles. The molecule has 5 saturated carbocycles. The summed E-state index contributed by atoms with van der Waals surface area (Å²) in [4.78, 5) is 29.6. The van der Waals surface area contributed by atoms with Gasteiger partial charge in [-0.05, 0) is 93.6 Å². The number of carbonyl (C=O) groups excluding carboxylic acids is 2. The van der Waals surface area contributed by atoms with E-state index in [1.807, 2.05) is 12.1 Å². The zero-order valence-electron chi connectivity index (χ0n) is 17.7. The lowest BCUT2D eigenvalue weighted by Gasteiger charge is -2.55. The summed E-state index contributed by atoms with van der Waals surface area (Å²) in [7, 11) is 0. The molecule has 6 rings (SSSR count). The molecule has 5 aliphatic rings. The van der Waals surface area contributed by atoms with Gasteiger partial charge in [0.2, 0.25) is 17.7 Å². The van der Waals surface area contributed by atoms with Gasteiger partial charge in [-0.15, -0.1) is 0 Å². The SMILES string of the molecule is O=C(CNC(=O)C12CC3CC(CC(C3)C1)C2)NCc1ccnc(OC2CCCC2)c1. The van der Waals surface area contributed by atoms with Gasteiger partial charge in [0.05, 0.1) is 6.54 Å². The molecule has 0 spiro atoms. The van der Waals surface area contributed by atoms with Crippen molar-refractivity contribution in [1.29, 1.82) is 0 Å². The highest BCUT2D eigenvalue weighted by atomic mass is 16.5. The largest absolute Gasteiger partial charge is 0.474 e. The zero-order chi connectivity index (χ0) is 20.6. The van der Waals surface area contributed by atoms with Gasteiger partial charge in [-0.1, -0.05) is 0 Å². The van der Waals surface area contributed by atoms with Gasteiger partial charge in [0.25, 0.3) is 0 Å². The minimum Gasteiger partial charge on any atom is -0.474 e. The maximum absolute atomic E-state index is 13.0. The highest BCUT2D eigenvalue weighted by Gasteiger charge is 2.54. The number of hydrogen-bond donors (Lipinski definition) is 2. The Balaban J connectivity index is 1.09. The van der Waals surface area contributed by atoms with Gasteiger partial charge in [-0.2, -0.15) is 0 Å². The fourth-order valence-electron chi connectivity index (χ4n) is 6.80. The van der Waals surface area contributed by atoms with E-state index in [1.54, 1.807) is 6.20 Å². The predicted octanol–water partition coefficient (Wildman–Crippen LogP) is 3.35. The average molecular weight is 412 g/mol. The van der Waals surface area contributed by atoms with Crippen LogP contribution in [0.25, 0.3) is 0 Å². The van der Waals surface area contributed by atoms with Crippen molar-refractivity contribution in [1.82, 2.24) is 15.6 Å². The number of hydrogen-bond acceptors (Lipinski definition) is 4. The maximum Gasteiger partial charge on any atom is 0.239 e. The number of pyridine rings is 1.